The molecule has 0 aliphatic rings. The zero-order chi connectivity index (χ0) is 15.9. The molecule has 20 heavy (non-hydrogen) atoms. The van der Waals surface area contributed by atoms with E-state index in [1.807, 2.05) is 0 Å². The molecule has 6 heteroatoms. The Kier molecular flexibility index (Phi) is 7.45. The fourth-order valence-corrected chi connectivity index (χ4v) is 1.24. The largest absolute Gasteiger partial charge is 0.460 e. The van der Waals surface area contributed by atoms with Crippen molar-refractivity contribution in [1.29, 1.82) is 0 Å². The van der Waals surface area contributed by atoms with Gasteiger partial charge in [-0.1, -0.05) is 0 Å². The Bertz CT molecular complexity index is 353. The molecule has 3 atom stereocenters. The predicted molar refractivity (Wildman–Crippen MR) is 72.8 cm³/mol. The number of aliphatic hydroxyl groups excluding tert-OH is 2. The highest BCUT2D eigenvalue weighted by molar-refractivity contribution is 5.82. The Balaban J connectivity index is 4.18. The lowest BCUT2D eigenvalue weighted by molar-refractivity contribution is -0.159. The van der Waals surface area contributed by atoms with E-state index in [-0.39, 0.29) is 6.42 Å². The maximum atomic E-state index is 11.5. The summed E-state index contributed by atoms with van der Waals surface area (Å²) < 4.78 is 10.0. The lowest BCUT2D eigenvalue weighted by Crippen LogP contribution is -2.27. The summed E-state index contributed by atoms with van der Waals surface area (Å²) in [6.45, 7) is 8.22. The van der Waals surface area contributed by atoms with Gasteiger partial charge in [-0.2, -0.15) is 0 Å². The summed E-state index contributed by atoms with van der Waals surface area (Å²) >= 11 is 0. The van der Waals surface area contributed by atoms with Crippen molar-refractivity contribution in [2.45, 2.75) is 65.0 Å². The van der Waals surface area contributed by atoms with Gasteiger partial charge >= 0.3 is 11.9 Å². The van der Waals surface area contributed by atoms with E-state index in [9.17, 15) is 14.7 Å². The molecule has 0 fully saturated rings. The van der Waals surface area contributed by atoms with Crippen molar-refractivity contribution in [2.75, 3.05) is 0 Å². The van der Waals surface area contributed by atoms with Gasteiger partial charge in [0, 0.05) is 6.08 Å². The van der Waals surface area contributed by atoms with Gasteiger partial charge in [-0.05, 0) is 40.7 Å². The SMILES string of the molecule is C[C@H](O)[C@H](O)/C=C/C(=O)O[C@@H](C)CC(=O)OC(C)(C)C. The van der Waals surface area contributed by atoms with Gasteiger partial charge in [0.15, 0.2) is 0 Å². The molecule has 0 heterocycles. The summed E-state index contributed by atoms with van der Waals surface area (Å²) in [6, 6.07) is 0. The molecule has 6 nitrogen and oxygen atoms in total. The topological polar surface area (TPSA) is 93.1 Å². The summed E-state index contributed by atoms with van der Waals surface area (Å²) in [5.41, 5.74) is -0.581. The van der Waals surface area contributed by atoms with E-state index < -0.39 is 35.9 Å². The van der Waals surface area contributed by atoms with E-state index in [2.05, 4.69) is 0 Å². The summed E-state index contributed by atoms with van der Waals surface area (Å²) in [4.78, 5) is 22.9. The summed E-state index contributed by atoms with van der Waals surface area (Å²) in [6.07, 6.45) is -0.640. The molecular formula is C14H24O6. The average Bonchev–Trinajstić information content (AvgIpc) is 2.22. The van der Waals surface area contributed by atoms with Gasteiger partial charge in [0.1, 0.15) is 11.7 Å². The summed E-state index contributed by atoms with van der Waals surface area (Å²) in [5, 5.41) is 18.3. The Morgan fingerprint density at radius 3 is 2.20 bits per heavy atom. The van der Waals surface area contributed by atoms with Gasteiger partial charge in [-0.25, -0.2) is 4.79 Å². The van der Waals surface area contributed by atoms with Gasteiger partial charge in [0.05, 0.1) is 18.6 Å². The number of aliphatic hydroxyl groups is 2. The van der Waals surface area contributed by atoms with Crippen LogP contribution in [0.5, 0.6) is 0 Å². The van der Waals surface area contributed by atoms with Gasteiger partial charge in [0.2, 0.25) is 0 Å². The number of hydrogen-bond donors (Lipinski definition) is 2. The Morgan fingerprint density at radius 2 is 1.75 bits per heavy atom. The molecular weight excluding hydrogens is 264 g/mol. The first-order valence-corrected chi connectivity index (χ1v) is 6.48. The molecule has 0 saturated heterocycles. The molecule has 0 spiro atoms. The molecule has 0 aliphatic heterocycles. The van der Waals surface area contributed by atoms with E-state index in [0.29, 0.717) is 0 Å². The molecule has 0 saturated carbocycles. The fourth-order valence-electron chi connectivity index (χ4n) is 1.24. The van der Waals surface area contributed by atoms with Crippen molar-refractivity contribution in [1.82, 2.24) is 0 Å². The second kappa shape index (κ2) is 8.01. The predicted octanol–water partition coefficient (Wildman–Crippen LogP) is 0.948. The van der Waals surface area contributed by atoms with E-state index in [4.69, 9.17) is 14.6 Å². The molecule has 0 rings (SSSR count). The Hall–Kier alpha value is -1.40. The number of ether oxygens (including phenoxy) is 2. The molecule has 0 aliphatic carbocycles. The first-order valence-electron chi connectivity index (χ1n) is 6.48. The second-order valence-corrected chi connectivity index (χ2v) is 5.63. The van der Waals surface area contributed by atoms with Crippen LogP contribution in [0.4, 0.5) is 0 Å². The van der Waals surface area contributed by atoms with Crippen LogP contribution in [0.3, 0.4) is 0 Å². The third-order valence-electron chi connectivity index (χ3n) is 2.12. The lowest BCUT2D eigenvalue weighted by atomic mass is 10.2. The van der Waals surface area contributed by atoms with E-state index >= 15 is 0 Å². The van der Waals surface area contributed by atoms with Crippen LogP contribution in [0.15, 0.2) is 12.2 Å². The molecule has 0 bridgehead atoms. The fraction of sp³-hybridized carbons (Fsp3) is 0.714. The van der Waals surface area contributed by atoms with Crippen LogP contribution < -0.4 is 0 Å². The third kappa shape index (κ3) is 9.52. The molecule has 0 aromatic rings. The smallest absolute Gasteiger partial charge is 0.330 e. The van der Waals surface area contributed by atoms with Crippen LogP contribution >= 0.6 is 0 Å². The van der Waals surface area contributed by atoms with Crippen LogP contribution in [0.25, 0.3) is 0 Å². The maximum absolute atomic E-state index is 11.5. The van der Waals surface area contributed by atoms with Gasteiger partial charge in [0.25, 0.3) is 0 Å². The number of hydrogen-bond acceptors (Lipinski definition) is 6. The Labute approximate surface area is 119 Å². The van der Waals surface area contributed by atoms with Crippen molar-refractivity contribution < 1.29 is 29.3 Å². The number of carbonyl (C=O) groups excluding carboxylic acids is 2. The van der Waals surface area contributed by atoms with Gasteiger partial charge in [-0.15, -0.1) is 0 Å². The summed E-state index contributed by atoms with van der Waals surface area (Å²) in [7, 11) is 0. The van der Waals surface area contributed by atoms with Crippen LogP contribution in [-0.4, -0.2) is 46.1 Å². The van der Waals surface area contributed by atoms with Crippen LogP contribution in [0.1, 0.15) is 41.0 Å². The van der Waals surface area contributed by atoms with Crippen molar-refractivity contribution >= 4 is 11.9 Å². The standard InChI is InChI=1S/C14H24O6/c1-9(8-13(18)20-14(3,4)5)19-12(17)7-6-11(16)10(2)15/h6-7,9-11,15-16H,8H2,1-5H3/b7-6+/t9-,10-,11+/m0/s1. The van der Waals surface area contributed by atoms with Crippen LogP contribution in [0.2, 0.25) is 0 Å². The molecule has 0 aromatic heterocycles. The van der Waals surface area contributed by atoms with Gasteiger partial charge < -0.3 is 19.7 Å². The van der Waals surface area contributed by atoms with Crippen molar-refractivity contribution in [3.8, 4) is 0 Å². The molecule has 0 unspecified atom stereocenters. The number of carbonyl (C=O) groups is 2. The molecule has 2 N–H and O–H groups in total. The van der Waals surface area contributed by atoms with E-state index in [1.165, 1.54) is 6.92 Å². The third-order valence-corrected chi connectivity index (χ3v) is 2.12. The monoisotopic (exact) mass is 288 g/mol. The van der Waals surface area contributed by atoms with Crippen LogP contribution in [0, 0.1) is 0 Å². The maximum Gasteiger partial charge on any atom is 0.330 e. The average molecular weight is 288 g/mol. The second-order valence-electron chi connectivity index (χ2n) is 5.63. The minimum Gasteiger partial charge on any atom is -0.460 e. The quantitative estimate of drug-likeness (QED) is 0.558. The van der Waals surface area contributed by atoms with Crippen molar-refractivity contribution in [3.63, 3.8) is 0 Å². The first kappa shape index (κ1) is 18.6. The highest BCUT2D eigenvalue weighted by Gasteiger charge is 2.20. The zero-order valence-corrected chi connectivity index (χ0v) is 12.6. The Morgan fingerprint density at radius 1 is 1.20 bits per heavy atom. The minimum atomic E-state index is -1.14. The number of esters is 2. The van der Waals surface area contributed by atoms with Crippen molar-refractivity contribution in [3.05, 3.63) is 12.2 Å². The highest BCUT2D eigenvalue weighted by atomic mass is 16.6. The minimum absolute atomic E-state index is 0.0458. The van der Waals surface area contributed by atoms with Crippen LogP contribution in [-0.2, 0) is 19.1 Å². The normalized spacial score (nSPS) is 16.6. The molecule has 0 radical (unpaired) electrons. The van der Waals surface area contributed by atoms with Gasteiger partial charge in [-0.3, -0.25) is 4.79 Å². The van der Waals surface area contributed by atoms with Crippen molar-refractivity contribution in [2.24, 2.45) is 0 Å². The number of rotatable bonds is 6. The van der Waals surface area contributed by atoms with E-state index in [0.717, 1.165) is 12.2 Å². The molecule has 0 amide bonds. The lowest BCUT2D eigenvalue weighted by Gasteiger charge is -2.20. The molecule has 116 valence electrons. The first-order chi connectivity index (χ1) is 9.01. The van der Waals surface area contributed by atoms with E-state index in [1.54, 1.807) is 27.7 Å². The molecule has 0 aromatic carbocycles. The highest BCUT2D eigenvalue weighted by Crippen LogP contribution is 2.10. The summed E-state index contributed by atoms with van der Waals surface area (Å²) in [5.74, 6) is -1.15. The zero-order valence-electron chi connectivity index (χ0n) is 12.6.